The van der Waals surface area contributed by atoms with Crippen LogP contribution in [0.15, 0.2) is 39.6 Å². The van der Waals surface area contributed by atoms with Gasteiger partial charge in [-0.2, -0.15) is 0 Å². The van der Waals surface area contributed by atoms with E-state index in [1.165, 1.54) is 26.2 Å². The Balaban J connectivity index is 2.62. The van der Waals surface area contributed by atoms with E-state index >= 15 is 0 Å². The van der Waals surface area contributed by atoms with E-state index in [4.69, 9.17) is 9.15 Å². The maximum absolute atomic E-state index is 11.1. The molecule has 2 aromatic rings. The molecule has 4 heteroatoms. The number of rotatable bonds is 3. The molecule has 0 aliphatic heterocycles. The van der Waals surface area contributed by atoms with Crippen molar-refractivity contribution in [1.82, 2.24) is 0 Å². The van der Waals surface area contributed by atoms with Crippen LogP contribution in [-0.4, -0.2) is 12.9 Å². The van der Waals surface area contributed by atoms with Crippen LogP contribution in [0.1, 0.15) is 12.5 Å². The Morgan fingerprint density at radius 2 is 2.11 bits per heavy atom. The molecule has 0 radical (unpaired) electrons. The highest BCUT2D eigenvalue weighted by Crippen LogP contribution is 2.26. The van der Waals surface area contributed by atoms with E-state index < -0.39 is 5.63 Å². The average Bonchev–Trinajstić information content (AvgIpc) is 2.35. The van der Waals surface area contributed by atoms with Crippen molar-refractivity contribution in [2.45, 2.75) is 6.92 Å². The fourth-order valence-corrected chi connectivity index (χ4v) is 1.63. The van der Waals surface area contributed by atoms with Crippen LogP contribution in [0, 0.1) is 0 Å². The van der Waals surface area contributed by atoms with Crippen molar-refractivity contribution in [2.75, 3.05) is 7.11 Å². The Kier molecular flexibility index (Phi) is 3.28. The third-order valence-electron chi connectivity index (χ3n) is 2.47. The Morgan fingerprint density at radius 3 is 2.78 bits per heavy atom. The standard InChI is InChI=1S/C14H12O4/c1-9(15)3-4-10-7-11-5-6-14(16)18-13(11)8-12(10)17-2/h3-8H,1-2H3/b4-3+. The summed E-state index contributed by atoms with van der Waals surface area (Å²) in [6, 6.07) is 6.46. The Labute approximate surface area is 103 Å². The van der Waals surface area contributed by atoms with Crippen LogP contribution < -0.4 is 10.4 Å². The van der Waals surface area contributed by atoms with E-state index in [9.17, 15) is 9.59 Å². The summed E-state index contributed by atoms with van der Waals surface area (Å²) >= 11 is 0. The number of methoxy groups -OCH3 is 1. The van der Waals surface area contributed by atoms with Crippen molar-refractivity contribution in [3.63, 3.8) is 0 Å². The molecule has 1 heterocycles. The van der Waals surface area contributed by atoms with E-state index in [1.54, 1.807) is 24.3 Å². The third kappa shape index (κ3) is 2.48. The molecular formula is C14H12O4. The number of hydrogen-bond acceptors (Lipinski definition) is 4. The van der Waals surface area contributed by atoms with E-state index in [2.05, 4.69) is 0 Å². The first-order valence-electron chi connectivity index (χ1n) is 5.40. The van der Waals surface area contributed by atoms with Gasteiger partial charge >= 0.3 is 5.63 Å². The molecule has 0 spiro atoms. The zero-order valence-corrected chi connectivity index (χ0v) is 10.1. The molecular weight excluding hydrogens is 232 g/mol. The van der Waals surface area contributed by atoms with Gasteiger partial charge in [0.1, 0.15) is 11.3 Å². The molecule has 1 aromatic carbocycles. The topological polar surface area (TPSA) is 56.5 Å². The first-order valence-corrected chi connectivity index (χ1v) is 5.40. The maximum atomic E-state index is 11.1. The lowest BCUT2D eigenvalue weighted by Gasteiger charge is -2.06. The van der Waals surface area contributed by atoms with Gasteiger partial charge in [-0.15, -0.1) is 0 Å². The summed E-state index contributed by atoms with van der Waals surface area (Å²) in [7, 11) is 1.52. The van der Waals surface area contributed by atoms with Gasteiger partial charge in [0.15, 0.2) is 5.78 Å². The quantitative estimate of drug-likeness (QED) is 0.614. The number of hydrogen-bond donors (Lipinski definition) is 0. The highest BCUT2D eigenvalue weighted by atomic mass is 16.5. The van der Waals surface area contributed by atoms with Gasteiger partial charge in [-0.1, -0.05) is 0 Å². The van der Waals surface area contributed by atoms with Crippen LogP contribution in [0.25, 0.3) is 17.0 Å². The molecule has 2 rings (SSSR count). The summed E-state index contributed by atoms with van der Waals surface area (Å²) in [5.41, 5.74) is 0.810. The zero-order chi connectivity index (χ0) is 13.1. The second-order valence-corrected chi connectivity index (χ2v) is 3.83. The molecule has 1 aromatic heterocycles. The summed E-state index contributed by atoms with van der Waals surface area (Å²) in [5, 5.41) is 0.776. The summed E-state index contributed by atoms with van der Waals surface area (Å²) in [4.78, 5) is 22.1. The van der Waals surface area contributed by atoms with E-state index in [0.717, 1.165) is 10.9 Å². The minimum absolute atomic E-state index is 0.0447. The SMILES string of the molecule is COc1cc2oc(=O)ccc2cc1/C=C/C(C)=O. The van der Waals surface area contributed by atoms with Gasteiger partial charge in [0, 0.05) is 23.1 Å². The molecule has 0 aliphatic rings. The van der Waals surface area contributed by atoms with E-state index in [1.807, 2.05) is 0 Å². The monoisotopic (exact) mass is 244 g/mol. The second-order valence-electron chi connectivity index (χ2n) is 3.83. The predicted molar refractivity (Wildman–Crippen MR) is 68.8 cm³/mol. The minimum Gasteiger partial charge on any atom is -0.496 e. The van der Waals surface area contributed by atoms with Gasteiger partial charge in [0.25, 0.3) is 0 Å². The van der Waals surface area contributed by atoms with Gasteiger partial charge < -0.3 is 9.15 Å². The van der Waals surface area contributed by atoms with Crippen LogP contribution in [0.3, 0.4) is 0 Å². The molecule has 0 bridgehead atoms. The van der Waals surface area contributed by atoms with Crippen molar-refractivity contribution in [3.05, 3.63) is 46.3 Å². The minimum atomic E-state index is -0.406. The normalized spacial score (nSPS) is 11.0. The Hall–Kier alpha value is -2.36. The second kappa shape index (κ2) is 4.87. The largest absolute Gasteiger partial charge is 0.496 e. The smallest absolute Gasteiger partial charge is 0.336 e. The van der Waals surface area contributed by atoms with Crippen molar-refractivity contribution >= 4 is 22.8 Å². The highest BCUT2D eigenvalue weighted by Gasteiger charge is 2.05. The molecule has 0 unspecified atom stereocenters. The number of carbonyl (C=O) groups is 1. The molecule has 0 amide bonds. The molecule has 4 nitrogen and oxygen atoms in total. The molecule has 0 aliphatic carbocycles. The van der Waals surface area contributed by atoms with E-state index in [0.29, 0.717) is 11.3 Å². The van der Waals surface area contributed by atoms with Crippen molar-refractivity contribution in [2.24, 2.45) is 0 Å². The van der Waals surface area contributed by atoms with Crippen LogP contribution in [0.5, 0.6) is 5.75 Å². The fraction of sp³-hybridized carbons (Fsp3) is 0.143. The number of fused-ring (bicyclic) bond motifs is 1. The highest BCUT2D eigenvalue weighted by molar-refractivity contribution is 5.93. The van der Waals surface area contributed by atoms with Gasteiger partial charge in [0.05, 0.1) is 7.11 Å². The van der Waals surface area contributed by atoms with Crippen LogP contribution >= 0.6 is 0 Å². The summed E-state index contributed by atoms with van der Waals surface area (Å²) in [6.07, 6.45) is 3.13. The molecule has 18 heavy (non-hydrogen) atoms. The predicted octanol–water partition coefficient (Wildman–Crippen LogP) is 2.40. The van der Waals surface area contributed by atoms with Crippen LogP contribution in [0.4, 0.5) is 0 Å². The van der Waals surface area contributed by atoms with Gasteiger partial charge in [0.2, 0.25) is 0 Å². The number of benzene rings is 1. The summed E-state index contributed by atoms with van der Waals surface area (Å²) < 4.78 is 10.3. The average molecular weight is 244 g/mol. The number of ketones is 1. The zero-order valence-electron chi connectivity index (χ0n) is 10.1. The number of carbonyl (C=O) groups excluding carboxylic acids is 1. The summed E-state index contributed by atoms with van der Waals surface area (Å²) in [5.74, 6) is 0.506. The number of allylic oxidation sites excluding steroid dienone is 1. The fourth-order valence-electron chi connectivity index (χ4n) is 1.63. The van der Waals surface area contributed by atoms with Crippen LogP contribution in [-0.2, 0) is 4.79 Å². The number of ether oxygens (including phenoxy) is 1. The lowest BCUT2D eigenvalue weighted by Crippen LogP contribution is -1.95. The van der Waals surface area contributed by atoms with Gasteiger partial charge in [-0.05, 0) is 31.2 Å². The molecule has 0 fully saturated rings. The summed E-state index contributed by atoms with van der Waals surface area (Å²) in [6.45, 7) is 1.48. The lowest BCUT2D eigenvalue weighted by atomic mass is 10.1. The van der Waals surface area contributed by atoms with Crippen molar-refractivity contribution in [1.29, 1.82) is 0 Å². The molecule has 0 N–H and O–H groups in total. The molecule has 0 saturated carbocycles. The van der Waals surface area contributed by atoms with Crippen molar-refractivity contribution in [3.8, 4) is 5.75 Å². The van der Waals surface area contributed by atoms with E-state index in [-0.39, 0.29) is 5.78 Å². The maximum Gasteiger partial charge on any atom is 0.336 e. The molecule has 0 saturated heterocycles. The Morgan fingerprint density at radius 1 is 1.33 bits per heavy atom. The van der Waals surface area contributed by atoms with Gasteiger partial charge in [-0.3, -0.25) is 4.79 Å². The molecule has 92 valence electrons. The first kappa shape index (κ1) is 12.1. The first-order chi connectivity index (χ1) is 8.60. The Bertz CT molecular complexity index is 680. The van der Waals surface area contributed by atoms with Gasteiger partial charge in [-0.25, -0.2) is 4.79 Å². The molecule has 0 atom stereocenters. The van der Waals surface area contributed by atoms with Crippen molar-refractivity contribution < 1.29 is 13.9 Å². The third-order valence-corrected chi connectivity index (χ3v) is 2.47. The van der Waals surface area contributed by atoms with Crippen LogP contribution in [0.2, 0.25) is 0 Å². The lowest BCUT2D eigenvalue weighted by molar-refractivity contribution is -0.112.